The number of ether oxygens (including phenoxy) is 1. The molecule has 1 aromatic heterocycles. The van der Waals surface area contributed by atoms with Crippen LogP contribution in [-0.4, -0.2) is 31.1 Å². The van der Waals surface area contributed by atoms with Crippen molar-refractivity contribution < 1.29 is 13.9 Å². The van der Waals surface area contributed by atoms with Gasteiger partial charge in [0.25, 0.3) is 11.5 Å². The van der Waals surface area contributed by atoms with Gasteiger partial charge in [-0.3, -0.25) is 9.59 Å². The molecular formula is C24H24FN3O3. The molecule has 1 amide bonds. The lowest BCUT2D eigenvalue weighted by Gasteiger charge is -2.30. The van der Waals surface area contributed by atoms with Crippen molar-refractivity contribution in [3.63, 3.8) is 0 Å². The number of carbonyl (C=O) groups excluding carboxylic acids is 1. The average molecular weight is 421 g/mol. The standard InChI is InChI=1S/C24H24FN3O3/c1-14-10-15(2)27-24(30)19(14)13-26-23(29)18-11-16(17-6-4-5-7-20(17)25)12-21-22(18)31-9-8-28(21)3/h4-7,10-12H,8-9,13H2,1-3H3,(H,26,29)(H,27,30). The number of aromatic amines is 1. The number of aryl methyl sites for hydroxylation is 2. The molecule has 0 radical (unpaired) electrons. The molecule has 0 fully saturated rings. The zero-order chi connectivity index (χ0) is 22.1. The maximum atomic E-state index is 14.4. The van der Waals surface area contributed by atoms with Crippen LogP contribution in [0.25, 0.3) is 11.1 Å². The average Bonchev–Trinajstić information content (AvgIpc) is 2.73. The second-order valence-corrected chi connectivity index (χ2v) is 7.75. The summed E-state index contributed by atoms with van der Waals surface area (Å²) in [6.07, 6.45) is 0. The third-order valence-corrected chi connectivity index (χ3v) is 5.50. The number of anilines is 1. The Bertz CT molecular complexity index is 1220. The quantitative estimate of drug-likeness (QED) is 0.676. The number of carbonyl (C=O) groups is 1. The van der Waals surface area contributed by atoms with Gasteiger partial charge < -0.3 is 19.9 Å². The molecule has 2 N–H and O–H groups in total. The monoisotopic (exact) mass is 421 g/mol. The fourth-order valence-corrected chi connectivity index (χ4v) is 3.84. The van der Waals surface area contributed by atoms with Gasteiger partial charge in [-0.05, 0) is 49.2 Å². The predicted octanol–water partition coefficient (Wildman–Crippen LogP) is 3.56. The fourth-order valence-electron chi connectivity index (χ4n) is 3.84. The van der Waals surface area contributed by atoms with E-state index in [2.05, 4.69) is 10.3 Å². The molecule has 0 saturated heterocycles. The summed E-state index contributed by atoms with van der Waals surface area (Å²) in [5.74, 6) is -0.292. The van der Waals surface area contributed by atoms with Gasteiger partial charge in [0, 0.05) is 30.4 Å². The third-order valence-electron chi connectivity index (χ3n) is 5.50. The van der Waals surface area contributed by atoms with Crippen LogP contribution in [0.2, 0.25) is 0 Å². The van der Waals surface area contributed by atoms with E-state index in [1.165, 1.54) is 6.07 Å². The molecule has 3 aromatic rings. The molecule has 4 rings (SSSR count). The first-order chi connectivity index (χ1) is 14.8. The zero-order valence-corrected chi connectivity index (χ0v) is 17.7. The highest BCUT2D eigenvalue weighted by atomic mass is 19.1. The van der Waals surface area contributed by atoms with Gasteiger partial charge >= 0.3 is 0 Å². The van der Waals surface area contributed by atoms with Crippen LogP contribution in [0, 0.1) is 19.7 Å². The number of nitrogens with zero attached hydrogens (tertiary/aromatic N) is 1. The van der Waals surface area contributed by atoms with E-state index in [0.29, 0.717) is 41.2 Å². The normalized spacial score (nSPS) is 12.8. The van der Waals surface area contributed by atoms with Crippen molar-refractivity contribution in [2.75, 3.05) is 25.1 Å². The van der Waals surface area contributed by atoms with Gasteiger partial charge in [0.15, 0.2) is 5.75 Å². The van der Waals surface area contributed by atoms with Crippen LogP contribution in [0.1, 0.15) is 27.2 Å². The summed E-state index contributed by atoms with van der Waals surface area (Å²) >= 11 is 0. The lowest BCUT2D eigenvalue weighted by molar-refractivity contribution is 0.0946. The fraction of sp³-hybridized carbons (Fsp3) is 0.250. The van der Waals surface area contributed by atoms with Crippen LogP contribution in [0.15, 0.2) is 47.3 Å². The first kappa shape index (κ1) is 20.7. The summed E-state index contributed by atoms with van der Waals surface area (Å²) in [6.45, 7) is 4.83. The van der Waals surface area contributed by atoms with E-state index in [1.807, 2.05) is 37.9 Å². The van der Waals surface area contributed by atoms with Crippen molar-refractivity contribution in [1.82, 2.24) is 10.3 Å². The molecule has 0 unspecified atom stereocenters. The Hall–Kier alpha value is -3.61. The Morgan fingerprint density at radius 3 is 2.74 bits per heavy atom. The topological polar surface area (TPSA) is 74.4 Å². The Kier molecular flexibility index (Phi) is 5.50. The van der Waals surface area contributed by atoms with Crippen LogP contribution < -0.4 is 20.5 Å². The summed E-state index contributed by atoms with van der Waals surface area (Å²) in [7, 11) is 1.91. The number of hydrogen-bond donors (Lipinski definition) is 2. The number of fused-ring (bicyclic) bond motifs is 1. The number of H-pyrrole nitrogens is 1. The Balaban J connectivity index is 1.72. The van der Waals surface area contributed by atoms with Gasteiger partial charge in [-0.2, -0.15) is 0 Å². The number of amides is 1. The molecular weight excluding hydrogens is 397 g/mol. The van der Waals surface area contributed by atoms with Crippen LogP contribution in [0.3, 0.4) is 0 Å². The lowest BCUT2D eigenvalue weighted by Crippen LogP contribution is -2.32. The number of rotatable bonds is 4. The molecule has 2 aromatic carbocycles. The van der Waals surface area contributed by atoms with Gasteiger partial charge in [0.2, 0.25) is 0 Å². The molecule has 1 aliphatic rings. The molecule has 1 aliphatic heterocycles. The van der Waals surface area contributed by atoms with E-state index in [4.69, 9.17) is 4.74 Å². The number of hydrogen-bond acceptors (Lipinski definition) is 4. The van der Waals surface area contributed by atoms with Crippen LogP contribution in [0.4, 0.5) is 10.1 Å². The Morgan fingerprint density at radius 2 is 2.00 bits per heavy atom. The smallest absolute Gasteiger partial charge is 0.255 e. The first-order valence-corrected chi connectivity index (χ1v) is 10.1. The zero-order valence-electron chi connectivity index (χ0n) is 17.7. The van der Waals surface area contributed by atoms with E-state index in [9.17, 15) is 14.0 Å². The number of nitrogens with one attached hydrogen (secondary N) is 2. The minimum absolute atomic E-state index is 0.0782. The van der Waals surface area contributed by atoms with Crippen LogP contribution in [-0.2, 0) is 6.54 Å². The van der Waals surface area contributed by atoms with Gasteiger partial charge in [-0.25, -0.2) is 4.39 Å². The minimum Gasteiger partial charge on any atom is -0.489 e. The first-order valence-electron chi connectivity index (χ1n) is 10.1. The third kappa shape index (κ3) is 4.03. The number of likely N-dealkylation sites (N-methyl/N-ethyl adjacent to an activating group) is 1. The number of benzene rings is 2. The molecule has 160 valence electrons. The summed E-state index contributed by atoms with van der Waals surface area (Å²) in [5.41, 5.74) is 3.87. The van der Waals surface area contributed by atoms with Crippen molar-refractivity contribution >= 4 is 11.6 Å². The van der Waals surface area contributed by atoms with Crippen molar-refractivity contribution in [2.45, 2.75) is 20.4 Å². The van der Waals surface area contributed by atoms with Gasteiger partial charge in [0.05, 0.1) is 17.8 Å². The van der Waals surface area contributed by atoms with E-state index < -0.39 is 0 Å². The predicted molar refractivity (Wildman–Crippen MR) is 118 cm³/mol. The molecule has 0 spiro atoms. The number of halogens is 1. The van der Waals surface area contributed by atoms with E-state index in [1.54, 1.807) is 24.3 Å². The summed E-state index contributed by atoms with van der Waals surface area (Å²) < 4.78 is 20.3. The molecule has 0 atom stereocenters. The number of pyridine rings is 1. The molecule has 2 heterocycles. The Morgan fingerprint density at radius 1 is 1.23 bits per heavy atom. The highest BCUT2D eigenvalue weighted by Gasteiger charge is 2.25. The Labute approximate surface area is 179 Å². The van der Waals surface area contributed by atoms with Gasteiger partial charge in [-0.1, -0.05) is 18.2 Å². The SMILES string of the molecule is Cc1cc(C)c(CNC(=O)c2cc(-c3ccccc3F)cc3c2OCCN3C)c(=O)[nH]1. The van der Waals surface area contributed by atoms with Crippen molar-refractivity contribution in [2.24, 2.45) is 0 Å². The highest BCUT2D eigenvalue weighted by Crippen LogP contribution is 2.39. The maximum Gasteiger partial charge on any atom is 0.255 e. The van der Waals surface area contributed by atoms with Crippen molar-refractivity contribution in [3.8, 4) is 16.9 Å². The minimum atomic E-state index is -0.385. The molecule has 0 bridgehead atoms. The molecule has 31 heavy (non-hydrogen) atoms. The summed E-state index contributed by atoms with van der Waals surface area (Å²) in [6, 6.07) is 11.8. The highest BCUT2D eigenvalue weighted by molar-refractivity contribution is 6.01. The van der Waals surface area contributed by atoms with Gasteiger partial charge in [0.1, 0.15) is 12.4 Å². The van der Waals surface area contributed by atoms with Crippen molar-refractivity contribution in [1.29, 1.82) is 0 Å². The van der Waals surface area contributed by atoms with Crippen LogP contribution in [0.5, 0.6) is 5.75 Å². The number of aromatic nitrogens is 1. The molecule has 0 aliphatic carbocycles. The summed E-state index contributed by atoms with van der Waals surface area (Å²) in [4.78, 5) is 30.2. The van der Waals surface area contributed by atoms with E-state index in [0.717, 1.165) is 16.9 Å². The molecule has 7 heteroatoms. The summed E-state index contributed by atoms with van der Waals surface area (Å²) in [5, 5.41) is 2.82. The van der Waals surface area contributed by atoms with E-state index >= 15 is 0 Å². The van der Waals surface area contributed by atoms with Crippen LogP contribution >= 0.6 is 0 Å². The maximum absolute atomic E-state index is 14.4. The van der Waals surface area contributed by atoms with Crippen molar-refractivity contribution in [3.05, 3.63) is 81.0 Å². The second kappa shape index (κ2) is 8.26. The van der Waals surface area contributed by atoms with Gasteiger partial charge in [-0.15, -0.1) is 0 Å². The largest absolute Gasteiger partial charge is 0.489 e. The molecule has 0 saturated carbocycles. The van der Waals surface area contributed by atoms with E-state index in [-0.39, 0.29) is 23.8 Å². The lowest BCUT2D eigenvalue weighted by atomic mass is 9.99. The second-order valence-electron chi connectivity index (χ2n) is 7.75. The molecule has 6 nitrogen and oxygen atoms in total.